The monoisotopic (exact) mass is 348 g/mol. The number of hydrogen-bond acceptors (Lipinski definition) is 6. The highest BCUT2D eigenvalue weighted by atomic mass is 32.2. The minimum absolute atomic E-state index is 0.337. The molecule has 5 nitrogen and oxygen atoms in total. The first-order valence-corrected chi connectivity index (χ1v) is 7.81. The van der Waals surface area contributed by atoms with Gasteiger partial charge in [0.05, 0.1) is 11.3 Å². The van der Waals surface area contributed by atoms with Crippen LogP contribution in [0.5, 0.6) is 5.75 Å². The van der Waals surface area contributed by atoms with Gasteiger partial charge in [-0.3, -0.25) is 0 Å². The number of aryl methyl sites for hydroxylation is 1. The summed E-state index contributed by atoms with van der Waals surface area (Å²) in [6, 6.07) is 6.88. The van der Waals surface area contributed by atoms with E-state index >= 15 is 0 Å². The molecule has 0 aliphatic rings. The van der Waals surface area contributed by atoms with Crippen molar-refractivity contribution in [3.8, 4) is 23.1 Å². The minimum atomic E-state index is -5.82. The number of rotatable bonds is 3. The Morgan fingerprint density at radius 3 is 2.50 bits per heavy atom. The van der Waals surface area contributed by atoms with E-state index in [1.165, 1.54) is 23.7 Å². The van der Waals surface area contributed by atoms with Crippen LogP contribution in [0.25, 0.3) is 11.3 Å². The fourth-order valence-corrected chi connectivity index (χ4v) is 2.56. The fourth-order valence-electron chi connectivity index (χ4n) is 1.52. The maximum Gasteiger partial charge on any atom is 0.534 e. The molecule has 0 fully saturated rings. The van der Waals surface area contributed by atoms with Crippen LogP contribution >= 0.6 is 11.5 Å². The Bertz CT molecular complexity index is 851. The van der Waals surface area contributed by atoms with Gasteiger partial charge in [0.25, 0.3) is 0 Å². The van der Waals surface area contributed by atoms with Gasteiger partial charge >= 0.3 is 15.6 Å². The average molecular weight is 348 g/mol. The fraction of sp³-hybridized carbons (Fsp3) is 0.167. The van der Waals surface area contributed by atoms with Crippen molar-refractivity contribution >= 4 is 21.7 Å². The van der Waals surface area contributed by atoms with Crippen LogP contribution in [0.4, 0.5) is 13.2 Å². The second kappa shape index (κ2) is 5.58. The van der Waals surface area contributed by atoms with E-state index in [4.69, 9.17) is 5.26 Å². The van der Waals surface area contributed by atoms with Crippen LogP contribution in [0.2, 0.25) is 0 Å². The third-order valence-corrected chi connectivity index (χ3v) is 4.17. The topological polar surface area (TPSA) is 80.0 Å². The molecule has 0 aliphatic carbocycles. The van der Waals surface area contributed by atoms with Crippen molar-refractivity contribution in [2.75, 3.05) is 0 Å². The van der Waals surface area contributed by atoms with Crippen molar-refractivity contribution in [2.24, 2.45) is 0 Å². The zero-order chi connectivity index (χ0) is 16.5. The van der Waals surface area contributed by atoms with Crippen molar-refractivity contribution in [1.29, 1.82) is 5.26 Å². The van der Waals surface area contributed by atoms with Gasteiger partial charge in [0, 0.05) is 10.4 Å². The Morgan fingerprint density at radius 2 is 2.00 bits per heavy atom. The molecule has 0 unspecified atom stereocenters. The molecule has 0 amide bonds. The number of hydrogen-bond donors (Lipinski definition) is 0. The van der Waals surface area contributed by atoms with Crippen LogP contribution in [0, 0.1) is 18.3 Å². The first kappa shape index (κ1) is 16.3. The smallest absolute Gasteiger partial charge is 0.375 e. The lowest BCUT2D eigenvalue weighted by atomic mass is 10.1. The minimum Gasteiger partial charge on any atom is -0.375 e. The molecular weight excluding hydrogens is 341 g/mol. The van der Waals surface area contributed by atoms with Gasteiger partial charge in [-0.2, -0.15) is 31.2 Å². The summed E-state index contributed by atoms with van der Waals surface area (Å²) in [6.45, 7) is 1.82. The Morgan fingerprint density at radius 1 is 1.32 bits per heavy atom. The van der Waals surface area contributed by atoms with Crippen molar-refractivity contribution in [1.82, 2.24) is 4.37 Å². The molecule has 10 heteroatoms. The van der Waals surface area contributed by atoms with E-state index in [2.05, 4.69) is 8.56 Å². The largest absolute Gasteiger partial charge is 0.534 e. The molecule has 0 aliphatic heterocycles. The third kappa shape index (κ3) is 3.20. The summed E-state index contributed by atoms with van der Waals surface area (Å²) in [5, 5.41) is 8.97. The Hall–Kier alpha value is -2.12. The quantitative estimate of drug-likeness (QED) is 0.628. The van der Waals surface area contributed by atoms with Gasteiger partial charge < -0.3 is 4.18 Å². The molecule has 1 aromatic carbocycles. The lowest BCUT2D eigenvalue weighted by molar-refractivity contribution is -0.0500. The molecule has 0 N–H and O–H groups in total. The van der Waals surface area contributed by atoms with Crippen LogP contribution in [-0.4, -0.2) is 18.3 Å². The normalized spacial score (nSPS) is 12.0. The number of alkyl halides is 3. The molecule has 0 bridgehead atoms. The molecule has 22 heavy (non-hydrogen) atoms. The second-order valence-electron chi connectivity index (χ2n) is 4.13. The average Bonchev–Trinajstić information content (AvgIpc) is 2.84. The van der Waals surface area contributed by atoms with Gasteiger partial charge in [-0.15, -0.1) is 0 Å². The lowest BCUT2D eigenvalue weighted by Crippen LogP contribution is -2.28. The van der Waals surface area contributed by atoms with Crippen molar-refractivity contribution in [3.63, 3.8) is 0 Å². The van der Waals surface area contributed by atoms with Crippen LogP contribution in [0.15, 0.2) is 24.3 Å². The van der Waals surface area contributed by atoms with E-state index < -0.39 is 21.4 Å². The van der Waals surface area contributed by atoms with E-state index in [1.54, 1.807) is 12.1 Å². The molecule has 2 rings (SSSR count). The van der Waals surface area contributed by atoms with Gasteiger partial charge in [0.1, 0.15) is 6.07 Å². The zero-order valence-electron chi connectivity index (χ0n) is 10.9. The standard InChI is InChI=1S/C12H7F3N2O3S2/c1-7-4-10(17-21-7)8-2-3-11(9(5-8)6-16)20-22(18,19)12(13,14)15/h2-5H,1H3. The molecule has 0 spiro atoms. The summed E-state index contributed by atoms with van der Waals surface area (Å²) < 4.78 is 66.9. The SMILES string of the molecule is Cc1cc(-c2ccc(OS(=O)(=O)C(F)(F)F)c(C#N)c2)ns1. The molecule has 0 saturated heterocycles. The summed E-state index contributed by atoms with van der Waals surface area (Å²) in [5.74, 6) is -0.685. The van der Waals surface area contributed by atoms with Gasteiger partial charge in [0.15, 0.2) is 5.75 Å². The van der Waals surface area contributed by atoms with E-state index in [9.17, 15) is 21.6 Å². The zero-order valence-corrected chi connectivity index (χ0v) is 12.5. The maximum absolute atomic E-state index is 12.3. The van der Waals surface area contributed by atoms with Gasteiger partial charge in [0.2, 0.25) is 0 Å². The number of halogens is 3. The first-order valence-electron chi connectivity index (χ1n) is 5.62. The van der Waals surface area contributed by atoms with E-state index in [1.807, 2.05) is 6.92 Å². The maximum atomic E-state index is 12.3. The Labute approximate surface area is 127 Å². The van der Waals surface area contributed by atoms with Crippen molar-refractivity contribution in [3.05, 3.63) is 34.7 Å². The molecule has 116 valence electrons. The highest BCUT2D eigenvalue weighted by Crippen LogP contribution is 2.31. The second-order valence-corrected chi connectivity index (χ2v) is 6.68. The molecule has 1 heterocycles. The highest BCUT2D eigenvalue weighted by molar-refractivity contribution is 7.88. The molecule has 0 radical (unpaired) electrons. The van der Waals surface area contributed by atoms with Crippen molar-refractivity contribution < 1.29 is 25.8 Å². The predicted octanol–water partition coefficient (Wildman–Crippen LogP) is 3.22. The van der Waals surface area contributed by atoms with E-state index in [0.717, 1.165) is 10.9 Å². The summed E-state index contributed by atoms with van der Waals surface area (Å²) in [4.78, 5) is 0.911. The van der Waals surface area contributed by atoms with Gasteiger partial charge in [-0.25, -0.2) is 0 Å². The summed E-state index contributed by atoms with van der Waals surface area (Å²) >= 11 is 1.22. The van der Waals surface area contributed by atoms with Crippen LogP contribution < -0.4 is 4.18 Å². The van der Waals surface area contributed by atoms with Crippen LogP contribution in [0.1, 0.15) is 10.4 Å². The van der Waals surface area contributed by atoms with E-state index in [-0.39, 0.29) is 5.56 Å². The van der Waals surface area contributed by atoms with Crippen LogP contribution in [-0.2, 0) is 10.1 Å². The van der Waals surface area contributed by atoms with Gasteiger partial charge in [-0.05, 0) is 42.7 Å². The molecule has 0 saturated carbocycles. The highest BCUT2D eigenvalue weighted by Gasteiger charge is 2.48. The molecule has 2 aromatic rings. The Balaban J connectivity index is 2.42. The van der Waals surface area contributed by atoms with Crippen LogP contribution in [0.3, 0.4) is 0 Å². The number of benzene rings is 1. The third-order valence-electron chi connectivity index (χ3n) is 2.51. The summed E-state index contributed by atoms with van der Waals surface area (Å²) in [5.41, 5.74) is -4.90. The van der Waals surface area contributed by atoms with Crippen molar-refractivity contribution in [2.45, 2.75) is 12.4 Å². The number of nitriles is 1. The first-order chi connectivity index (χ1) is 10.1. The summed E-state index contributed by atoms with van der Waals surface area (Å²) in [6.07, 6.45) is 0. The lowest BCUT2D eigenvalue weighted by Gasteiger charge is -2.10. The summed E-state index contributed by atoms with van der Waals surface area (Å²) in [7, 11) is -5.82. The van der Waals surface area contributed by atoms with E-state index in [0.29, 0.717) is 11.3 Å². The Kier molecular flexibility index (Phi) is 4.12. The number of nitrogens with zero attached hydrogens (tertiary/aromatic N) is 2. The molecular formula is C12H7F3N2O3S2. The van der Waals surface area contributed by atoms with Gasteiger partial charge in [-0.1, -0.05) is 0 Å². The molecule has 0 atom stereocenters. The predicted molar refractivity (Wildman–Crippen MR) is 72.6 cm³/mol. The molecule has 1 aromatic heterocycles. The number of aromatic nitrogens is 1.